The third-order valence-electron chi connectivity index (χ3n) is 5.18. The van der Waals surface area contributed by atoms with E-state index in [0.29, 0.717) is 5.75 Å². The minimum Gasteiger partial charge on any atom is -0.487 e. The molecule has 0 aliphatic heterocycles. The van der Waals surface area contributed by atoms with Crippen LogP contribution >= 0.6 is 23.2 Å². The van der Waals surface area contributed by atoms with E-state index in [1.165, 1.54) is 12.1 Å². The molecular weight excluding hydrogens is 486 g/mol. The summed E-state index contributed by atoms with van der Waals surface area (Å²) in [6.45, 7) is -0.165. The van der Waals surface area contributed by atoms with Crippen LogP contribution in [0.25, 0.3) is 16.8 Å². The lowest BCUT2D eigenvalue weighted by Gasteiger charge is -2.13. The second-order valence-corrected chi connectivity index (χ2v) is 8.57. The van der Waals surface area contributed by atoms with E-state index in [9.17, 15) is 13.2 Å². The summed E-state index contributed by atoms with van der Waals surface area (Å²) < 4.78 is 46.9. The second kappa shape index (κ2) is 9.60. The van der Waals surface area contributed by atoms with Crippen molar-refractivity contribution in [1.29, 1.82) is 0 Å². The molecule has 1 aromatic heterocycles. The monoisotopic (exact) mass is 505 g/mol. The predicted molar refractivity (Wildman–Crippen MR) is 129 cm³/mol. The fourth-order valence-electron chi connectivity index (χ4n) is 3.40. The topological polar surface area (TPSA) is 30.3 Å². The summed E-state index contributed by atoms with van der Waals surface area (Å²) in [5.41, 5.74) is 2.39. The van der Waals surface area contributed by atoms with Crippen LogP contribution in [0.2, 0.25) is 10.0 Å². The average molecular weight is 506 g/mol. The maximum absolute atomic E-state index is 13.4. The minimum atomic E-state index is -4.63. The van der Waals surface area contributed by atoms with Gasteiger partial charge in [-0.3, -0.25) is 0 Å². The molecule has 9 heteroatoms. The highest BCUT2D eigenvalue weighted by atomic mass is 35.5. The summed E-state index contributed by atoms with van der Waals surface area (Å²) >= 11 is 12.4. The van der Waals surface area contributed by atoms with E-state index in [-0.39, 0.29) is 28.0 Å². The maximum Gasteiger partial charge on any atom is 0.435 e. The first-order valence-corrected chi connectivity index (χ1v) is 11.0. The number of alkyl halides is 3. The Labute approximate surface area is 205 Å². The molecule has 0 radical (unpaired) electrons. The molecule has 0 unspecified atom stereocenters. The number of aromatic nitrogens is 2. The molecule has 0 fully saturated rings. The van der Waals surface area contributed by atoms with Gasteiger partial charge in [-0.25, -0.2) is 4.68 Å². The Kier molecular flexibility index (Phi) is 6.77. The number of rotatable bonds is 6. The molecule has 0 aliphatic carbocycles. The fourth-order valence-corrected chi connectivity index (χ4v) is 3.96. The lowest BCUT2D eigenvalue weighted by atomic mass is 10.1. The van der Waals surface area contributed by atoms with Crippen molar-refractivity contribution in [2.45, 2.75) is 12.8 Å². The molecule has 34 heavy (non-hydrogen) atoms. The normalized spacial score (nSPS) is 11.5. The van der Waals surface area contributed by atoms with Crippen molar-refractivity contribution in [1.82, 2.24) is 9.78 Å². The van der Waals surface area contributed by atoms with Crippen LogP contribution in [0.15, 0.2) is 72.8 Å². The SMILES string of the molecule is CN(C)c1ccc(-c2ccc(OCc3cc(C(F)(F)F)nn3-c3c(Cl)cccc3Cl)cc2)cc1. The fraction of sp³-hybridized carbons (Fsp3) is 0.160. The van der Waals surface area contributed by atoms with E-state index >= 15 is 0 Å². The van der Waals surface area contributed by atoms with E-state index < -0.39 is 11.9 Å². The highest BCUT2D eigenvalue weighted by Gasteiger charge is 2.35. The van der Waals surface area contributed by atoms with Gasteiger partial charge in [-0.1, -0.05) is 53.5 Å². The first kappa shape index (κ1) is 24.0. The quantitative estimate of drug-likeness (QED) is 0.271. The van der Waals surface area contributed by atoms with Gasteiger partial charge in [0.25, 0.3) is 0 Å². The van der Waals surface area contributed by atoms with Crippen molar-refractivity contribution in [2.75, 3.05) is 19.0 Å². The Bertz CT molecular complexity index is 1260. The summed E-state index contributed by atoms with van der Waals surface area (Å²) in [7, 11) is 3.95. The Hall–Kier alpha value is -3.16. The number of anilines is 1. The minimum absolute atomic E-state index is 0.158. The second-order valence-electron chi connectivity index (χ2n) is 7.76. The number of ether oxygens (including phenoxy) is 1. The molecule has 4 aromatic rings. The van der Waals surface area contributed by atoms with Crippen LogP contribution in [-0.2, 0) is 12.8 Å². The Morgan fingerprint density at radius 2 is 1.44 bits per heavy atom. The molecule has 0 atom stereocenters. The van der Waals surface area contributed by atoms with Crippen LogP contribution in [0.4, 0.5) is 18.9 Å². The number of nitrogens with zero attached hydrogens (tertiary/aromatic N) is 3. The predicted octanol–water partition coefficient (Wildman–Crippen LogP) is 7.51. The van der Waals surface area contributed by atoms with Gasteiger partial charge in [0.1, 0.15) is 18.0 Å². The molecule has 4 nitrogen and oxygen atoms in total. The van der Waals surface area contributed by atoms with Gasteiger partial charge in [0.2, 0.25) is 0 Å². The lowest BCUT2D eigenvalue weighted by molar-refractivity contribution is -0.141. The molecule has 1 heterocycles. The zero-order valence-electron chi connectivity index (χ0n) is 18.3. The molecule has 0 aliphatic rings. The Balaban J connectivity index is 1.57. The van der Waals surface area contributed by atoms with Crippen LogP contribution in [0.3, 0.4) is 0 Å². The van der Waals surface area contributed by atoms with Gasteiger partial charge in [0, 0.05) is 19.8 Å². The highest BCUT2D eigenvalue weighted by molar-refractivity contribution is 6.37. The van der Waals surface area contributed by atoms with Gasteiger partial charge in [-0.15, -0.1) is 0 Å². The number of benzene rings is 3. The van der Waals surface area contributed by atoms with Gasteiger partial charge >= 0.3 is 6.18 Å². The van der Waals surface area contributed by atoms with Crippen molar-refractivity contribution < 1.29 is 17.9 Å². The molecule has 176 valence electrons. The first-order chi connectivity index (χ1) is 16.1. The van der Waals surface area contributed by atoms with Crippen LogP contribution in [0, 0.1) is 0 Å². The summed E-state index contributed by atoms with van der Waals surface area (Å²) in [6.07, 6.45) is -4.63. The van der Waals surface area contributed by atoms with Crippen LogP contribution < -0.4 is 9.64 Å². The molecule has 0 saturated heterocycles. The summed E-state index contributed by atoms with van der Waals surface area (Å²) in [5, 5.41) is 4.05. The van der Waals surface area contributed by atoms with Crippen molar-refractivity contribution in [2.24, 2.45) is 0 Å². The van der Waals surface area contributed by atoms with Crippen molar-refractivity contribution >= 4 is 28.9 Å². The lowest BCUT2D eigenvalue weighted by Crippen LogP contribution is -2.09. The number of halogens is 5. The van der Waals surface area contributed by atoms with Gasteiger partial charge in [-0.2, -0.15) is 18.3 Å². The smallest absolute Gasteiger partial charge is 0.435 e. The third-order valence-corrected chi connectivity index (χ3v) is 5.79. The zero-order valence-corrected chi connectivity index (χ0v) is 19.8. The molecule has 3 aromatic carbocycles. The van der Waals surface area contributed by atoms with Gasteiger partial charge < -0.3 is 9.64 Å². The molecule has 0 N–H and O–H groups in total. The van der Waals surface area contributed by atoms with Crippen LogP contribution in [0.1, 0.15) is 11.4 Å². The largest absolute Gasteiger partial charge is 0.487 e. The molecule has 0 amide bonds. The van der Waals surface area contributed by atoms with Gasteiger partial charge in [-0.05, 0) is 53.6 Å². The Morgan fingerprint density at radius 1 is 0.882 bits per heavy atom. The Morgan fingerprint density at radius 3 is 1.97 bits per heavy atom. The average Bonchev–Trinajstić information content (AvgIpc) is 3.22. The highest BCUT2D eigenvalue weighted by Crippen LogP contribution is 2.34. The zero-order chi connectivity index (χ0) is 24.5. The standard InChI is InChI=1S/C25H20Cl2F3N3O/c1-32(2)18-10-6-16(7-11-18)17-8-12-20(13-9-17)34-15-19-14-23(25(28,29)30)31-33(19)24-21(26)4-3-5-22(24)27/h3-14H,15H2,1-2H3. The molecular formula is C25H20Cl2F3N3O. The van der Waals surface area contributed by atoms with Gasteiger partial charge in [0.05, 0.1) is 15.7 Å². The molecule has 0 saturated carbocycles. The van der Waals surface area contributed by atoms with E-state index in [2.05, 4.69) is 5.10 Å². The molecule has 0 bridgehead atoms. The van der Waals surface area contributed by atoms with E-state index in [0.717, 1.165) is 27.6 Å². The summed E-state index contributed by atoms with van der Waals surface area (Å²) in [4.78, 5) is 2.02. The third kappa shape index (κ3) is 5.16. The van der Waals surface area contributed by atoms with Crippen molar-refractivity contribution in [3.05, 3.63) is 94.2 Å². The van der Waals surface area contributed by atoms with E-state index in [1.54, 1.807) is 18.2 Å². The summed E-state index contributed by atoms with van der Waals surface area (Å²) in [6, 6.07) is 21.0. The summed E-state index contributed by atoms with van der Waals surface area (Å²) in [5.74, 6) is 0.500. The number of hydrogen-bond acceptors (Lipinski definition) is 3. The van der Waals surface area contributed by atoms with E-state index in [4.69, 9.17) is 27.9 Å². The molecule has 0 spiro atoms. The number of para-hydroxylation sites is 1. The molecule has 4 rings (SSSR count). The van der Waals surface area contributed by atoms with Crippen LogP contribution in [-0.4, -0.2) is 23.9 Å². The maximum atomic E-state index is 13.4. The van der Waals surface area contributed by atoms with Crippen molar-refractivity contribution in [3.63, 3.8) is 0 Å². The van der Waals surface area contributed by atoms with E-state index in [1.807, 2.05) is 55.4 Å². The van der Waals surface area contributed by atoms with Crippen molar-refractivity contribution in [3.8, 4) is 22.6 Å². The van der Waals surface area contributed by atoms with Gasteiger partial charge in [0.15, 0.2) is 5.69 Å². The van der Waals surface area contributed by atoms with Crippen LogP contribution in [0.5, 0.6) is 5.75 Å². The first-order valence-electron chi connectivity index (χ1n) is 10.2. The number of hydrogen-bond donors (Lipinski definition) is 0.